The lowest BCUT2D eigenvalue weighted by Crippen LogP contribution is -1.98. The maximum Gasteiger partial charge on any atom is 0.0278 e. The molecule has 0 aliphatic rings. The summed E-state index contributed by atoms with van der Waals surface area (Å²) < 4.78 is 0. The van der Waals surface area contributed by atoms with Crippen molar-refractivity contribution in [3.63, 3.8) is 0 Å². The Morgan fingerprint density at radius 3 is 2.05 bits per heavy atom. The highest BCUT2D eigenvalue weighted by atomic mass is 32.2. The maximum absolute atomic E-state index is 3.27. The fraction of sp³-hybridized carbons (Fsp3) is 0.200. The summed E-state index contributed by atoms with van der Waals surface area (Å²) in [6, 6.07) is 20.8. The molecule has 0 unspecified atom stereocenters. The zero-order chi connectivity index (χ0) is 15.1. The van der Waals surface area contributed by atoms with Crippen LogP contribution in [-0.4, -0.2) is 0 Å². The zero-order valence-corrected chi connectivity index (χ0v) is 13.6. The molecule has 0 spiro atoms. The van der Waals surface area contributed by atoms with E-state index < -0.39 is 0 Å². The first-order valence-electron chi connectivity index (χ1n) is 7.06. The van der Waals surface area contributed by atoms with Gasteiger partial charge in [-0.1, -0.05) is 72.1 Å². The van der Waals surface area contributed by atoms with Crippen LogP contribution in [0.1, 0.15) is 26.3 Å². The van der Waals surface area contributed by atoms with E-state index in [1.54, 1.807) is 11.8 Å². The molecule has 2 aromatic carbocycles. The number of benzene rings is 2. The number of thioether (sulfide) groups is 1. The van der Waals surface area contributed by atoms with E-state index in [0.29, 0.717) is 0 Å². The molecule has 0 bridgehead atoms. The van der Waals surface area contributed by atoms with Gasteiger partial charge in [-0.2, -0.15) is 0 Å². The smallest absolute Gasteiger partial charge is 0.0278 e. The van der Waals surface area contributed by atoms with Gasteiger partial charge in [0.2, 0.25) is 0 Å². The van der Waals surface area contributed by atoms with E-state index in [4.69, 9.17) is 0 Å². The van der Waals surface area contributed by atoms with Gasteiger partial charge in [-0.15, -0.1) is 0 Å². The monoisotopic (exact) mass is 292 g/mol. The van der Waals surface area contributed by atoms with E-state index in [1.807, 2.05) is 18.2 Å². The lowest BCUT2D eigenvalue weighted by molar-refractivity contribution is 0.571. The van der Waals surface area contributed by atoms with E-state index in [-0.39, 0.29) is 5.41 Å². The summed E-state index contributed by atoms with van der Waals surface area (Å²) in [4.78, 5) is 2.41. The molecule has 21 heavy (non-hydrogen) atoms. The summed E-state index contributed by atoms with van der Waals surface area (Å²) >= 11 is 1.75. The molecule has 2 rings (SSSR count). The van der Waals surface area contributed by atoms with Crippen molar-refractivity contribution in [3.05, 3.63) is 72.3 Å². The standard InChI is InChI=1S/C20H20S/c1-20(2,3)16-10-15-19(17-11-6-4-7-12-17)21-18-13-8-5-9-14-18/h4-9,11-15H,1-3H3/b19-15-. The number of rotatable bonds is 3. The molecule has 0 saturated carbocycles. The summed E-state index contributed by atoms with van der Waals surface area (Å²) in [6.45, 7) is 6.38. The number of allylic oxidation sites excluding steroid dienone is 1. The second kappa shape index (κ2) is 7.20. The van der Waals surface area contributed by atoms with Crippen LogP contribution in [0.4, 0.5) is 0 Å². The van der Waals surface area contributed by atoms with Gasteiger partial charge < -0.3 is 0 Å². The van der Waals surface area contributed by atoms with E-state index in [0.717, 1.165) is 0 Å². The van der Waals surface area contributed by atoms with Crippen molar-refractivity contribution in [2.45, 2.75) is 25.7 Å². The normalized spacial score (nSPS) is 11.7. The van der Waals surface area contributed by atoms with Crippen molar-refractivity contribution >= 4 is 16.7 Å². The Morgan fingerprint density at radius 1 is 0.905 bits per heavy atom. The lowest BCUT2D eigenvalue weighted by atomic mass is 9.98. The van der Waals surface area contributed by atoms with Crippen LogP contribution >= 0.6 is 11.8 Å². The molecular weight excluding hydrogens is 272 g/mol. The molecule has 2 aromatic rings. The van der Waals surface area contributed by atoms with Crippen LogP contribution in [-0.2, 0) is 0 Å². The molecule has 0 saturated heterocycles. The predicted molar refractivity (Wildman–Crippen MR) is 93.9 cm³/mol. The fourth-order valence-electron chi connectivity index (χ4n) is 1.71. The van der Waals surface area contributed by atoms with Crippen LogP contribution in [0.15, 0.2) is 71.6 Å². The van der Waals surface area contributed by atoms with Gasteiger partial charge in [-0.25, -0.2) is 0 Å². The summed E-state index contributed by atoms with van der Waals surface area (Å²) in [5.41, 5.74) is 1.23. The zero-order valence-electron chi connectivity index (χ0n) is 12.8. The molecule has 0 radical (unpaired) electrons. The molecule has 0 aliphatic carbocycles. The first-order valence-corrected chi connectivity index (χ1v) is 7.87. The Balaban J connectivity index is 2.31. The van der Waals surface area contributed by atoms with Crippen LogP contribution in [0.5, 0.6) is 0 Å². The summed E-state index contributed by atoms with van der Waals surface area (Å²) in [5, 5.41) is 0. The van der Waals surface area contributed by atoms with Crippen molar-refractivity contribution < 1.29 is 0 Å². The third-order valence-corrected chi connectivity index (χ3v) is 3.76. The minimum absolute atomic E-state index is 0.0235. The average molecular weight is 292 g/mol. The predicted octanol–water partition coefficient (Wildman–Crippen LogP) is 5.87. The van der Waals surface area contributed by atoms with Gasteiger partial charge in [0, 0.05) is 21.3 Å². The third kappa shape index (κ3) is 5.53. The maximum atomic E-state index is 3.27. The van der Waals surface area contributed by atoms with Gasteiger partial charge in [0.05, 0.1) is 0 Å². The van der Waals surface area contributed by atoms with Crippen molar-refractivity contribution in [2.24, 2.45) is 5.41 Å². The van der Waals surface area contributed by atoms with Gasteiger partial charge >= 0.3 is 0 Å². The van der Waals surface area contributed by atoms with Crippen LogP contribution in [0.25, 0.3) is 4.91 Å². The van der Waals surface area contributed by atoms with Gasteiger partial charge in [0.1, 0.15) is 0 Å². The molecule has 0 N–H and O–H groups in total. The van der Waals surface area contributed by atoms with E-state index in [2.05, 4.69) is 81.1 Å². The molecule has 0 aromatic heterocycles. The van der Waals surface area contributed by atoms with Crippen molar-refractivity contribution in [1.82, 2.24) is 0 Å². The van der Waals surface area contributed by atoms with E-state index >= 15 is 0 Å². The van der Waals surface area contributed by atoms with Gasteiger partial charge in [0.15, 0.2) is 0 Å². The Hall–Kier alpha value is -1.91. The van der Waals surface area contributed by atoms with Gasteiger partial charge in [-0.05, 0) is 38.5 Å². The van der Waals surface area contributed by atoms with Crippen LogP contribution in [0.3, 0.4) is 0 Å². The molecule has 106 valence electrons. The highest BCUT2D eigenvalue weighted by Gasteiger charge is 2.05. The Morgan fingerprint density at radius 2 is 1.48 bits per heavy atom. The first-order chi connectivity index (χ1) is 10.0. The fourth-order valence-corrected chi connectivity index (χ4v) is 2.63. The quantitative estimate of drug-likeness (QED) is 0.503. The van der Waals surface area contributed by atoms with Crippen LogP contribution < -0.4 is 0 Å². The van der Waals surface area contributed by atoms with Gasteiger partial charge in [0.25, 0.3) is 0 Å². The molecule has 0 aliphatic heterocycles. The van der Waals surface area contributed by atoms with Crippen molar-refractivity contribution in [2.75, 3.05) is 0 Å². The summed E-state index contributed by atoms with van der Waals surface area (Å²) in [7, 11) is 0. The van der Waals surface area contributed by atoms with Crippen LogP contribution in [0, 0.1) is 17.3 Å². The van der Waals surface area contributed by atoms with E-state index in [1.165, 1.54) is 15.4 Å². The van der Waals surface area contributed by atoms with Crippen LogP contribution in [0.2, 0.25) is 0 Å². The third-order valence-electron chi connectivity index (χ3n) is 2.68. The van der Waals surface area contributed by atoms with Crippen molar-refractivity contribution in [3.8, 4) is 11.8 Å². The number of hydrogen-bond acceptors (Lipinski definition) is 1. The summed E-state index contributed by atoms with van der Waals surface area (Å²) in [6.07, 6.45) is 2.03. The van der Waals surface area contributed by atoms with Gasteiger partial charge in [-0.3, -0.25) is 0 Å². The topological polar surface area (TPSA) is 0 Å². The molecule has 1 heteroatoms. The second-order valence-electron chi connectivity index (χ2n) is 5.81. The second-order valence-corrected chi connectivity index (χ2v) is 6.92. The largest absolute Gasteiger partial charge is 0.0925 e. The molecular formula is C20H20S. The Kier molecular flexibility index (Phi) is 5.31. The first kappa shape index (κ1) is 15.5. The Bertz CT molecular complexity index is 650. The molecule has 0 amide bonds. The minimum Gasteiger partial charge on any atom is -0.0925 e. The Labute approximate surface area is 132 Å². The van der Waals surface area contributed by atoms with Crippen molar-refractivity contribution in [1.29, 1.82) is 0 Å². The highest BCUT2D eigenvalue weighted by Crippen LogP contribution is 2.33. The SMILES string of the molecule is CC(C)(C)C#C/C=C(\Sc1ccccc1)c1ccccc1. The molecule has 0 fully saturated rings. The molecule has 0 heterocycles. The molecule has 0 nitrogen and oxygen atoms in total. The molecule has 0 atom stereocenters. The summed E-state index contributed by atoms with van der Waals surface area (Å²) in [5.74, 6) is 6.48. The number of hydrogen-bond donors (Lipinski definition) is 0. The average Bonchev–Trinajstić information content (AvgIpc) is 2.47. The lowest BCUT2D eigenvalue weighted by Gasteiger charge is -2.08. The highest BCUT2D eigenvalue weighted by molar-refractivity contribution is 8.08. The minimum atomic E-state index is 0.0235. The van der Waals surface area contributed by atoms with E-state index in [9.17, 15) is 0 Å².